The largest absolute Gasteiger partial charge is 0.311 e. The highest BCUT2D eigenvalue weighted by Crippen LogP contribution is 2.40. The summed E-state index contributed by atoms with van der Waals surface area (Å²) in [6.45, 7) is 4.27. The first-order valence-electron chi connectivity index (χ1n) is 36.5. The summed E-state index contributed by atoms with van der Waals surface area (Å²) in [4.78, 5) is 6.93. The van der Waals surface area contributed by atoms with Gasteiger partial charge >= 0.3 is 0 Å². The highest BCUT2D eigenvalue weighted by molar-refractivity contribution is 5.86. The van der Waals surface area contributed by atoms with E-state index in [9.17, 15) is 0 Å². The van der Waals surface area contributed by atoms with E-state index in [4.69, 9.17) is 0 Å². The first-order valence-corrected chi connectivity index (χ1v) is 36.5. The van der Waals surface area contributed by atoms with Crippen molar-refractivity contribution in [3.63, 3.8) is 0 Å². The van der Waals surface area contributed by atoms with Gasteiger partial charge in [0, 0.05) is 51.2 Å². The van der Waals surface area contributed by atoms with Gasteiger partial charge in [-0.2, -0.15) is 0 Å². The van der Waals surface area contributed by atoms with Gasteiger partial charge in [-0.1, -0.05) is 358 Å². The fourth-order valence-electron chi connectivity index (χ4n) is 13.4. The topological polar surface area (TPSA) is 9.72 Å². The highest BCUT2D eigenvalue weighted by atomic mass is 15.2. The maximum Gasteiger partial charge on any atom is 0.0464 e. The quantitative estimate of drug-likeness (QED) is 0.0626. The SMILES string of the molecule is C(=Cc1ccc(N(c2ccc(C=CC=C(c3ccccc3)c3ccccc3)cc2)c2ccc(C=CC=C(c3ccccc3)c3ccccc3)cc2)cc1)C=C(c1ccccc1)c1ccccc1.Cc1cccc(N(c2ccccc2)c2ccc(-c3ccc(N(c4ccccc4)c4cccc(C)c4)cc3)cc2)c1. The van der Waals surface area contributed by atoms with Crippen LogP contribution in [0.15, 0.2) is 449 Å². The lowest BCUT2D eigenvalue weighted by Gasteiger charge is -2.26. The van der Waals surface area contributed by atoms with Crippen LogP contribution in [0.2, 0.25) is 0 Å². The number of rotatable bonds is 22. The number of para-hydroxylation sites is 2. The van der Waals surface area contributed by atoms with Gasteiger partial charge in [0.05, 0.1) is 0 Å². The number of nitrogens with zero attached hydrogens (tertiary/aromatic N) is 3. The predicted molar refractivity (Wildman–Crippen MR) is 459 cm³/mol. The zero-order valence-corrected chi connectivity index (χ0v) is 60.3. The zero-order chi connectivity index (χ0) is 72.6. The van der Waals surface area contributed by atoms with Crippen molar-refractivity contribution in [1.29, 1.82) is 0 Å². The van der Waals surface area contributed by atoms with Crippen LogP contribution in [0.5, 0.6) is 0 Å². The van der Waals surface area contributed by atoms with Crippen LogP contribution in [-0.2, 0) is 0 Å². The molecule has 0 aliphatic heterocycles. The minimum atomic E-state index is 1.07. The molecule has 3 heteroatoms. The summed E-state index contributed by atoms with van der Waals surface area (Å²) in [6.07, 6.45) is 19.6. The van der Waals surface area contributed by atoms with Crippen molar-refractivity contribution in [3.05, 3.63) is 510 Å². The Kier molecular flexibility index (Phi) is 23.2. The Hall–Kier alpha value is -13.9. The van der Waals surface area contributed by atoms with E-state index < -0.39 is 0 Å². The minimum absolute atomic E-state index is 1.07. The predicted octanol–water partition coefficient (Wildman–Crippen LogP) is 28.5. The molecule has 0 unspecified atom stereocenters. The van der Waals surface area contributed by atoms with Crippen LogP contribution in [0, 0.1) is 13.8 Å². The average molecular weight is 1370 g/mol. The molecule has 0 saturated carbocycles. The molecule has 107 heavy (non-hydrogen) atoms. The van der Waals surface area contributed by atoms with Gasteiger partial charge < -0.3 is 14.7 Å². The van der Waals surface area contributed by atoms with Crippen molar-refractivity contribution < 1.29 is 0 Å². The van der Waals surface area contributed by atoms with E-state index in [1.54, 1.807) is 0 Å². The molecule has 0 saturated heterocycles. The van der Waals surface area contributed by atoms with E-state index >= 15 is 0 Å². The molecule has 514 valence electrons. The Morgan fingerprint density at radius 1 is 0.187 bits per heavy atom. The number of allylic oxidation sites excluding steroid dienone is 6. The summed E-state index contributed by atoms with van der Waals surface area (Å²) >= 11 is 0. The summed E-state index contributed by atoms with van der Waals surface area (Å²) < 4.78 is 0. The van der Waals surface area contributed by atoms with E-state index in [0.29, 0.717) is 0 Å². The summed E-state index contributed by atoms with van der Waals surface area (Å²) in [7, 11) is 0. The molecule has 0 spiro atoms. The van der Waals surface area contributed by atoms with Gasteiger partial charge in [-0.25, -0.2) is 0 Å². The van der Waals surface area contributed by atoms with E-state index in [0.717, 1.165) is 67.9 Å². The highest BCUT2D eigenvalue weighted by Gasteiger charge is 2.17. The molecule has 0 fully saturated rings. The Labute approximate surface area is 631 Å². The Morgan fingerprint density at radius 3 is 0.617 bits per heavy atom. The fourth-order valence-corrected chi connectivity index (χ4v) is 13.4. The first-order chi connectivity index (χ1) is 52.9. The number of anilines is 9. The molecule has 0 atom stereocenters. The third-order valence-electron chi connectivity index (χ3n) is 18.8. The molecule has 15 aromatic rings. The maximum absolute atomic E-state index is 2.32. The van der Waals surface area contributed by atoms with Gasteiger partial charge in [0.15, 0.2) is 0 Å². The normalized spacial score (nSPS) is 11.0. The second-order valence-electron chi connectivity index (χ2n) is 26.2. The van der Waals surface area contributed by atoms with Crippen LogP contribution in [0.1, 0.15) is 61.2 Å². The molecule has 0 bridgehead atoms. The molecule has 0 radical (unpaired) electrons. The minimum Gasteiger partial charge on any atom is -0.311 e. The lowest BCUT2D eigenvalue weighted by Crippen LogP contribution is -2.10. The van der Waals surface area contributed by atoms with Gasteiger partial charge in [0.1, 0.15) is 0 Å². The number of hydrogen-bond donors (Lipinski definition) is 0. The van der Waals surface area contributed by atoms with Crippen LogP contribution in [0.25, 0.3) is 46.1 Å². The second kappa shape index (κ2) is 35.4. The first kappa shape index (κ1) is 70.2. The summed E-state index contributed by atoms with van der Waals surface area (Å²) in [6, 6.07) is 146. The van der Waals surface area contributed by atoms with Crippen molar-refractivity contribution in [2.24, 2.45) is 0 Å². The van der Waals surface area contributed by atoms with E-state index in [1.807, 2.05) is 0 Å². The molecule has 0 N–H and O–H groups in total. The van der Waals surface area contributed by atoms with Crippen molar-refractivity contribution in [2.45, 2.75) is 13.8 Å². The molecule has 0 aliphatic rings. The van der Waals surface area contributed by atoms with Crippen LogP contribution in [0.3, 0.4) is 0 Å². The Bertz CT molecular complexity index is 4880. The van der Waals surface area contributed by atoms with Crippen LogP contribution in [0.4, 0.5) is 51.2 Å². The average Bonchev–Trinajstić information content (AvgIpc) is 0.799. The molecule has 15 aromatic carbocycles. The third kappa shape index (κ3) is 18.3. The number of aryl methyl sites for hydroxylation is 2. The Morgan fingerprint density at radius 2 is 0.383 bits per heavy atom. The zero-order valence-electron chi connectivity index (χ0n) is 60.3. The Balaban J connectivity index is 0.000000204. The van der Waals surface area contributed by atoms with E-state index in [1.165, 1.54) is 72.4 Å². The van der Waals surface area contributed by atoms with E-state index in [2.05, 4.69) is 496 Å². The van der Waals surface area contributed by atoms with Crippen LogP contribution in [-0.4, -0.2) is 0 Å². The maximum atomic E-state index is 2.32. The van der Waals surface area contributed by atoms with Gasteiger partial charge in [0.25, 0.3) is 0 Å². The summed E-state index contributed by atoms with van der Waals surface area (Å²) in [5, 5.41) is 0. The fraction of sp³-hybridized carbons (Fsp3) is 0.0192. The molecule has 0 amide bonds. The van der Waals surface area contributed by atoms with Crippen molar-refractivity contribution in [1.82, 2.24) is 0 Å². The smallest absolute Gasteiger partial charge is 0.0464 e. The monoisotopic (exact) mass is 1370 g/mol. The molecule has 0 aromatic heterocycles. The second-order valence-corrected chi connectivity index (χ2v) is 26.2. The van der Waals surface area contributed by atoms with Crippen LogP contribution >= 0.6 is 0 Å². The molecule has 0 aliphatic carbocycles. The molecular formula is C104H83N3. The summed E-state index contributed by atoms with van der Waals surface area (Å²) in [5.74, 6) is 0. The van der Waals surface area contributed by atoms with Gasteiger partial charge in [-0.05, 0) is 212 Å². The van der Waals surface area contributed by atoms with Crippen molar-refractivity contribution in [3.8, 4) is 11.1 Å². The number of hydrogen-bond acceptors (Lipinski definition) is 3. The lowest BCUT2D eigenvalue weighted by atomic mass is 9.97. The third-order valence-corrected chi connectivity index (χ3v) is 18.8. The van der Waals surface area contributed by atoms with E-state index in [-0.39, 0.29) is 0 Å². The molecule has 3 nitrogen and oxygen atoms in total. The van der Waals surface area contributed by atoms with Crippen molar-refractivity contribution in [2.75, 3.05) is 14.7 Å². The standard InChI is InChI=1S/C66H51N.C38H32N2/c1-7-25-55(26-8-1)64(56-27-9-2-10-28-56)37-19-22-52-40-46-61(47-41-52)67(62-48-42-53(43-49-62)23-20-38-65(57-29-11-3-12-30-57)58-31-13-4-14-32-58)63-50-44-54(45-51-63)24-21-39-66(59-33-15-5-16-34-59)60-35-17-6-18-36-60;1-29-11-9-17-37(27-29)39(33-13-5-3-6-14-33)35-23-19-31(20-24-35)32-21-25-36(26-22-32)40(34-15-7-4-8-16-34)38-18-10-12-30(2)28-38/h1-51H;3-28H,1-2H3. The van der Waals surface area contributed by atoms with Crippen LogP contribution < -0.4 is 14.7 Å². The molecule has 0 heterocycles. The van der Waals surface area contributed by atoms with Gasteiger partial charge in [-0.15, -0.1) is 0 Å². The molecule has 15 rings (SSSR count). The van der Waals surface area contributed by atoms with Crippen molar-refractivity contribution >= 4 is 86.1 Å². The summed E-state index contributed by atoms with van der Waals surface area (Å²) in [5.41, 5.74) is 29.0. The lowest BCUT2D eigenvalue weighted by molar-refractivity contribution is 1.27. The number of benzene rings is 15. The van der Waals surface area contributed by atoms with Gasteiger partial charge in [0.2, 0.25) is 0 Å². The molecular weight excluding hydrogens is 1290 g/mol. The van der Waals surface area contributed by atoms with Gasteiger partial charge in [-0.3, -0.25) is 0 Å².